The van der Waals surface area contributed by atoms with E-state index in [2.05, 4.69) is 41.2 Å². The molecule has 7 nitrogen and oxygen atoms in total. The zero-order valence-electron chi connectivity index (χ0n) is 11.6. The van der Waals surface area contributed by atoms with E-state index in [-0.39, 0.29) is 4.90 Å². The molecule has 2 aromatic rings. The number of halogens is 1. The summed E-state index contributed by atoms with van der Waals surface area (Å²) >= 11 is 4.72. The predicted octanol–water partition coefficient (Wildman–Crippen LogP) is 1.78. The maximum Gasteiger partial charge on any atom is 0.243 e. The normalized spacial score (nSPS) is 13.5. The zero-order chi connectivity index (χ0) is 15.5. The lowest BCUT2D eigenvalue weighted by molar-refractivity contribution is 0.560. The summed E-state index contributed by atoms with van der Waals surface area (Å²) in [6.45, 7) is 5.18. The molecule has 1 atom stereocenters. The summed E-state index contributed by atoms with van der Waals surface area (Å²) in [4.78, 5) is 5.15. The van der Waals surface area contributed by atoms with Crippen molar-refractivity contribution in [3.63, 3.8) is 0 Å². The molecule has 0 saturated heterocycles. The van der Waals surface area contributed by atoms with Crippen molar-refractivity contribution in [3.05, 3.63) is 26.9 Å². The highest BCUT2D eigenvalue weighted by Crippen LogP contribution is 2.32. The van der Waals surface area contributed by atoms with Gasteiger partial charge in [-0.05, 0) is 35.5 Å². The second-order valence-electron chi connectivity index (χ2n) is 4.34. The fourth-order valence-electron chi connectivity index (χ4n) is 1.69. The molecule has 0 radical (unpaired) electrons. The minimum Gasteiger partial charge on any atom is -0.312 e. The number of hydrogen-bond acceptors (Lipinski definition) is 6. The van der Waals surface area contributed by atoms with Crippen LogP contribution in [0.2, 0.25) is 0 Å². The average Bonchev–Trinajstić information content (AvgIpc) is 3.05. The van der Waals surface area contributed by atoms with Crippen LogP contribution in [-0.4, -0.2) is 30.1 Å². The van der Waals surface area contributed by atoms with Gasteiger partial charge in [-0.15, -0.1) is 11.3 Å². The Morgan fingerprint density at radius 2 is 2.29 bits per heavy atom. The Hall–Kier alpha value is -0.810. The van der Waals surface area contributed by atoms with Gasteiger partial charge in [0, 0.05) is 11.4 Å². The van der Waals surface area contributed by atoms with E-state index in [1.54, 1.807) is 13.0 Å². The van der Waals surface area contributed by atoms with Gasteiger partial charge in [0.2, 0.25) is 10.0 Å². The first kappa shape index (κ1) is 16.6. The van der Waals surface area contributed by atoms with Gasteiger partial charge in [0.05, 0.1) is 9.83 Å². The van der Waals surface area contributed by atoms with E-state index in [1.165, 1.54) is 17.7 Å². The van der Waals surface area contributed by atoms with Crippen molar-refractivity contribution in [2.75, 3.05) is 6.54 Å². The number of thiophene rings is 1. The number of aromatic amines is 1. The Kier molecular flexibility index (Phi) is 5.49. The van der Waals surface area contributed by atoms with Crippen LogP contribution < -0.4 is 10.0 Å². The van der Waals surface area contributed by atoms with E-state index < -0.39 is 16.1 Å². The third-order valence-electron chi connectivity index (χ3n) is 2.72. The molecule has 0 spiro atoms. The molecule has 0 amide bonds. The molecule has 116 valence electrons. The first-order valence-corrected chi connectivity index (χ1v) is 9.39. The largest absolute Gasteiger partial charge is 0.312 e. The number of nitrogens with one attached hydrogen (secondary N) is 3. The fraction of sp³-hybridized carbons (Fsp3) is 0.455. The van der Waals surface area contributed by atoms with Gasteiger partial charge in [-0.25, -0.2) is 18.1 Å². The average molecular weight is 394 g/mol. The Balaban J connectivity index is 2.17. The molecule has 0 aliphatic rings. The Morgan fingerprint density at radius 1 is 1.52 bits per heavy atom. The molecule has 0 saturated carbocycles. The van der Waals surface area contributed by atoms with Crippen LogP contribution in [0, 0.1) is 0 Å². The summed E-state index contributed by atoms with van der Waals surface area (Å²) in [5, 5.41) is 9.54. The van der Waals surface area contributed by atoms with E-state index in [0.29, 0.717) is 16.2 Å². The topological polar surface area (TPSA) is 99.8 Å². The second-order valence-corrected chi connectivity index (χ2v) is 8.48. The van der Waals surface area contributed by atoms with Crippen molar-refractivity contribution in [3.8, 4) is 0 Å². The highest BCUT2D eigenvalue weighted by Gasteiger charge is 2.24. The van der Waals surface area contributed by atoms with Crippen LogP contribution in [-0.2, 0) is 16.6 Å². The Morgan fingerprint density at radius 3 is 2.90 bits per heavy atom. The summed E-state index contributed by atoms with van der Waals surface area (Å²) in [5.41, 5.74) is 0. The Labute approximate surface area is 135 Å². The van der Waals surface area contributed by atoms with Crippen LogP contribution in [0.1, 0.15) is 30.6 Å². The van der Waals surface area contributed by atoms with Crippen LogP contribution >= 0.6 is 27.3 Å². The zero-order valence-corrected chi connectivity index (χ0v) is 14.8. The molecule has 0 aromatic carbocycles. The number of H-pyrrole nitrogens is 1. The molecule has 2 heterocycles. The van der Waals surface area contributed by atoms with Crippen molar-refractivity contribution in [1.82, 2.24) is 25.2 Å². The number of rotatable bonds is 7. The predicted molar refractivity (Wildman–Crippen MR) is 84.5 cm³/mol. The quantitative estimate of drug-likeness (QED) is 0.665. The highest BCUT2D eigenvalue weighted by atomic mass is 79.9. The van der Waals surface area contributed by atoms with Crippen LogP contribution in [0.3, 0.4) is 0 Å². The molecule has 2 rings (SSSR count). The van der Waals surface area contributed by atoms with Gasteiger partial charge in [-0.2, -0.15) is 5.10 Å². The first-order chi connectivity index (χ1) is 9.94. The van der Waals surface area contributed by atoms with E-state index in [0.717, 1.165) is 11.4 Å². The third-order valence-corrected chi connectivity index (χ3v) is 6.51. The van der Waals surface area contributed by atoms with Crippen molar-refractivity contribution >= 4 is 37.3 Å². The summed E-state index contributed by atoms with van der Waals surface area (Å²) in [5.74, 6) is 0.470. The molecular weight excluding hydrogens is 378 g/mol. The van der Waals surface area contributed by atoms with Crippen LogP contribution in [0.5, 0.6) is 0 Å². The van der Waals surface area contributed by atoms with E-state index in [1.807, 2.05) is 6.92 Å². The monoisotopic (exact) mass is 393 g/mol. The molecule has 0 aliphatic heterocycles. The Bertz CT molecular complexity index is 684. The number of sulfonamides is 1. The minimum absolute atomic E-state index is 0.242. The fourth-order valence-corrected chi connectivity index (χ4v) is 5.55. The van der Waals surface area contributed by atoms with Gasteiger partial charge in [0.1, 0.15) is 17.0 Å². The lowest BCUT2D eigenvalue weighted by Gasteiger charge is -2.11. The molecular formula is C11H16BrN5O2S2. The summed E-state index contributed by atoms with van der Waals surface area (Å²) in [6, 6.07) is 1.19. The minimum atomic E-state index is -3.62. The van der Waals surface area contributed by atoms with Crippen molar-refractivity contribution < 1.29 is 8.42 Å². The molecule has 2 aromatic heterocycles. The molecule has 3 N–H and O–H groups in total. The van der Waals surface area contributed by atoms with Crippen molar-refractivity contribution in [1.29, 1.82) is 0 Å². The lowest BCUT2D eigenvalue weighted by atomic mass is 10.3. The maximum absolute atomic E-state index is 12.4. The molecule has 1 unspecified atom stereocenters. The highest BCUT2D eigenvalue weighted by molar-refractivity contribution is 9.11. The van der Waals surface area contributed by atoms with Crippen LogP contribution in [0.4, 0.5) is 0 Å². The third kappa shape index (κ3) is 4.10. The van der Waals surface area contributed by atoms with E-state index in [4.69, 9.17) is 0 Å². The smallest absolute Gasteiger partial charge is 0.243 e. The SMILES string of the molecule is CCNCc1cc(S(=O)(=O)NC(C)c2ncn[nH]2)c(Br)s1. The van der Waals surface area contributed by atoms with Crippen LogP contribution in [0.15, 0.2) is 21.1 Å². The summed E-state index contributed by atoms with van der Waals surface area (Å²) in [7, 11) is -3.62. The number of hydrogen-bond donors (Lipinski definition) is 3. The second kappa shape index (κ2) is 6.97. The molecule has 10 heteroatoms. The van der Waals surface area contributed by atoms with Crippen molar-refractivity contribution in [2.45, 2.75) is 31.3 Å². The molecule has 0 fully saturated rings. The summed E-state index contributed by atoms with van der Waals surface area (Å²) < 4.78 is 28.0. The van der Waals surface area contributed by atoms with Gasteiger partial charge in [0.15, 0.2) is 0 Å². The number of nitrogens with zero attached hydrogens (tertiary/aromatic N) is 2. The lowest BCUT2D eigenvalue weighted by Crippen LogP contribution is -2.27. The van der Waals surface area contributed by atoms with E-state index in [9.17, 15) is 8.42 Å². The molecule has 0 bridgehead atoms. The van der Waals surface area contributed by atoms with Crippen molar-refractivity contribution in [2.24, 2.45) is 0 Å². The standard InChI is InChI=1S/C11H16BrN5O2S2/c1-3-13-5-8-4-9(10(12)20-8)21(18,19)17-7(2)11-14-6-15-16-11/h4,6-7,13,17H,3,5H2,1-2H3,(H,14,15,16). The van der Waals surface area contributed by atoms with Gasteiger partial charge in [-0.1, -0.05) is 6.92 Å². The van der Waals surface area contributed by atoms with Crippen LogP contribution in [0.25, 0.3) is 0 Å². The summed E-state index contributed by atoms with van der Waals surface area (Å²) in [6.07, 6.45) is 1.34. The first-order valence-electron chi connectivity index (χ1n) is 6.30. The van der Waals surface area contributed by atoms with E-state index >= 15 is 0 Å². The maximum atomic E-state index is 12.4. The van der Waals surface area contributed by atoms with Gasteiger partial charge in [-0.3, -0.25) is 5.10 Å². The van der Waals surface area contributed by atoms with Gasteiger partial charge >= 0.3 is 0 Å². The van der Waals surface area contributed by atoms with Gasteiger partial charge in [0.25, 0.3) is 0 Å². The molecule has 21 heavy (non-hydrogen) atoms. The van der Waals surface area contributed by atoms with Gasteiger partial charge < -0.3 is 5.32 Å². The number of aromatic nitrogens is 3. The molecule has 0 aliphatic carbocycles.